The number of nitrogens with zero attached hydrogens (tertiary/aromatic N) is 1. The molecule has 1 saturated heterocycles. The number of halogens is 5. The van der Waals surface area contributed by atoms with Crippen LogP contribution in [0.4, 0.5) is 32.4 Å². The van der Waals surface area contributed by atoms with Crippen molar-refractivity contribution >= 4 is 17.7 Å². The molecule has 1 heterocycles. The number of likely N-dealkylation sites (tertiary alicyclic amines) is 1. The largest absolute Gasteiger partial charge is 0.493 e. The summed E-state index contributed by atoms with van der Waals surface area (Å²) >= 11 is 0. The first kappa shape index (κ1) is 32.9. The third kappa shape index (κ3) is 7.42. The molecule has 0 bridgehead atoms. The van der Waals surface area contributed by atoms with Crippen molar-refractivity contribution in [1.82, 2.24) is 10.2 Å². The highest BCUT2D eigenvalue weighted by atomic mass is 19.4. The summed E-state index contributed by atoms with van der Waals surface area (Å²) in [4.78, 5) is 24.1. The van der Waals surface area contributed by atoms with Crippen LogP contribution >= 0.6 is 0 Å². The molecular weight excluding hydrogens is 565 g/mol. The number of hydrogen-bond donors (Lipinski definition) is 3. The van der Waals surface area contributed by atoms with Crippen LogP contribution in [0.3, 0.4) is 0 Å². The van der Waals surface area contributed by atoms with Crippen molar-refractivity contribution in [3.05, 3.63) is 53.6 Å². The summed E-state index contributed by atoms with van der Waals surface area (Å²) in [7, 11) is 3.28. The van der Waals surface area contributed by atoms with Crippen molar-refractivity contribution in [3.63, 3.8) is 0 Å². The Morgan fingerprint density at radius 1 is 1.00 bits per heavy atom. The van der Waals surface area contributed by atoms with E-state index >= 15 is 0 Å². The van der Waals surface area contributed by atoms with E-state index in [1.165, 1.54) is 5.56 Å². The summed E-state index contributed by atoms with van der Waals surface area (Å²) in [5, 5.41) is 12.6. The summed E-state index contributed by atoms with van der Waals surface area (Å²) in [6, 6.07) is 8.77. The van der Waals surface area contributed by atoms with Gasteiger partial charge in [-0.15, -0.1) is 0 Å². The van der Waals surface area contributed by atoms with Gasteiger partial charge < -0.3 is 25.2 Å². The fraction of sp³-hybridized carbons (Fsp3) is 0.517. The zero-order valence-electron chi connectivity index (χ0n) is 24.1. The lowest BCUT2D eigenvalue weighted by molar-refractivity contribution is -0.192. The van der Waals surface area contributed by atoms with E-state index in [1.807, 2.05) is 6.07 Å². The second-order valence-corrected chi connectivity index (χ2v) is 11.4. The normalized spacial score (nSPS) is 22.3. The van der Waals surface area contributed by atoms with E-state index in [2.05, 4.69) is 48.4 Å². The minimum absolute atomic E-state index is 0.0438. The Bertz CT molecular complexity index is 1280. The molecule has 2 aromatic rings. The Labute approximate surface area is 241 Å². The maximum Gasteiger partial charge on any atom is 0.490 e. The molecule has 42 heavy (non-hydrogen) atoms. The molecule has 2 aromatic carbocycles. The van der Waals surface area contributed by atoms with Gasteiger partial charge in [0.15, 0.2) is 11.5 Å². The Hall–Kier alpha value is -3.61. The molecule has 232 valence electrons. The van der Waals surface area contributed by atoms with E-state index in [1.54, 1.807) is 14.2 Å². The summed E-state index contributed by atoms with van der Waals surface area (Å²) in [5.41, 5.74) is 0.931. The predicted octanol–water partition coefficient (Wildman–Crippen LogP) is 6.10. The molecule has 1 saturated carbocycles. The molecule has 4 rings (SSSR count). The van der Waals surface area contributed by atoms with Crippen molar-refractivity contribution in [3.8, 4) is 11.5 Å². The van der Waals surface area contributed by atoms with Gasteiger partial charge in [0, 0.05) is 29.1 Å². The molecule has 2 fully saturated rings. The molecule has 13 heteroatoms. The fourth-order valence-corrected chi connectivity index (χ4v) is 5.90. The van der Waals surface area contributed by atoms with Crippen molar-refractivity contribution in [2.45, 2.75) is 75.7 Å². The minimum atomic E-state index is -5.08. The molecule has 3 atom stereocenters. The number of hydrogen-bond acceptors (Lipinski definition) is 5. The van der Waals surface area contributed by atoms with Crippen LogP contribution in [0.5, 0.6) is 11.5 Å². The van der Waals surface area contributed by atoms with Crippen LogP contribution < -0.4 is 20.1 Å². The van der Waals surface area contributed by atoms with Crippen LogP contribution in [0.25, 0.3) is 0 Å². The van der Waals surface area contributed by atoms with Crippen molar-refractivity contribution in [2.24, 2.45) is 0 Å². The van der Waals surface area contributed by atoms with E-state index in [9.17, 15) is 26.7 Å². The molecule has 3 unspecified atom stereocenters. The average Bonchev–Trinajstić information content (AvgIpc) is 3.30. The van der Waals surface area contributed by atoms with Gasteiger partial charge in [0.05, 0.1) is 19.9 Å². The first-order valence-corrected chi connectivity index (χ1v) is 13.3. The van der Waals surface area contributed by atoms with E-state index in [4.69, 9.17) is 19.4 Å². The average molecular weight is 602 g/mol. The number of carbonyl (C=O) groups is 2. The first-order valence-electron chi connectivity index (χ1n) is 13.3. The molecule has 0 spiro atoms. The lowest BCUT2D eigenvalue weighted by atomic mass is 9.64. The van der Waals surface area contributed by atoms with Crippen LogP contribution in [-0.2, 0) is 10.2 Å². The van der Waals surface area contributed by atoms with Gasteiger partial charge in [-0.25, -0.2) is 18.4 Å². The summed E-state index contributed by atoms with van der Waals surface area (Å²) < 4.78 is 70.3. The van der Waals surface area contributed by atoms with E-state index < -0.39 is 29.8 Å². The summed E-state index contributed by atoms with van der Waals surface area (Å²) in [5.74, 6) is -2.62. The second kappa shape index (κ2) is 12.7. The molecule has 2 amide bonds. The lowest BCUT2D eigenvalue weighted by Gasteiger charge is -2.48. The quantitative estimate of drug-likeness (QED) is 0.358. The highest BCUT2D eigenvalue weighted by molar-refractivity contribution is 5.89. The number of nitrogens with one attached hydrogen (secondary N) is 2. The van der Waals surface area contributed by atoms with E-state index in [0.717, 1.165) is 50.4 Å². The van der Waals surface area contributed by atoms with Gasteiger partial charge >= 0.3 is 18.2 Å². The third-order valence-electron chi connectivity index (χ3n) is 7.83. The number of ether oxygens (including phenoxy) is 2. The number of carbonyl (C=O) groups excluding carboxylic acids is 1. The van der Waals surface area contributed by atoms with Crippen molar-refractivity contribution in [2.75, 3.05) is 26.1 Å². The van der Waals surface area contributed by atoms with Gasteiger partial charge in [0.1, 0.15) is 11.6 Å². The summed E-state index contributed by atoms with van der Waals surface area (Å²) in [6.45, 7) is 7.60. The number of urea groups is 1. The number of fused-ring (bicyclic) bond motifs is 1. The van der Waals surface area contributed by atoms with Gasteiger partial charge in [0.2, 0.25) is 0 Å². The van der Waals surface area contributed by atoms with Gasteiger partial charge in [-0.3, -0.25) is 4.90 Å². The molecule has 0 radical (unpaired) electrons. The van der Waals surface area contributed by atoms with Gasteiger partial charge in [0.25, 0.3) is 0 Å². The van der Waals surface area contributed by atoms with E-state index in [0.29, 0.717) is 11.5 Å². The second-order valence-electron chi connectivity index (χ2n) is 11.4. The van der Waals surface area contributed by atoms with Crippen LogP contribution in [0.15, 0.2) is 36.4 Å². The Morgan fingerprint density at radius 2 is 1.64 bits per heavy atom. The zero-order chi connectivity index (χ0) is 31.5. The van der Waals surface area contributed by atoms with Gasteiger partial charge in [-0.05, 0) is 82.8 Å². The topological polar surface area (TPSA) is 100 Å². The Kier molecular flexibility index (Phi) is 9.96. The van der Waals surface area contributed by atoms with Crippen molar-refractivity contribution in [1.29, 1.82) is 0 Å². The molecule has 1 aliphatic carbocycles. The Morgan fingerprint density at radius 3 is 2.21 bits per heavy atom. The number of carboxylic acids is 1. The predicted molar refractivity (Wildman–Crippen MR) is 146 cm³/mol. The van der Waals surface area contributed by atoms with Crippen LogP contribution in [-0.4, -0.2) is 66.6 Å². The number of anilines is 1. The maximum atomic E-state index is 14.0. The van der Waals surface area contributed by atoms with Crippen LogP contribution in [0.2, 0.25) is 0 Å². The molecular formula is C29H36F5N3O5. The van der Waals surface area contributed by atoms with Gasteiger partial charge in [-0.2, -0.15) is 13.2 Å². The number of aliphatic carboxylic acids is 1. The minimum Gasteiger partial charge on any atom is -0.493 e. The highest BCUT2D eigenvalue weighted by Gasteiger charge is 2.54. The third-order valence-corrected chi connectivity index (χ3v) is 7.83. The molecule has 8 nitrogen and oxygen atoms in total. The zero-order valence-corrected chi connectivity index (χ0v) is 24.1. The van der Waals surface area contributed by atoms with Crippen LogP contribution in [0.1, 0.15) is 52.0 Å². The number of methoxy groups -OCH3 is 2. The molecule has 3 N–H and O–H groups in total. The monoisotopic (exact) mass is 601 g/mol. The van der Waals surface area contributed by atoms with E-state index in [-0.39, 0.29) is 28.7 Å². The number of alkyl halides is 3. The number of rotatable bonds is 5. The standard InChI is InChI=1S/C27H35F2N3O3.C2HF3O2/c1-26(2,3)32-13-12-27(17-6-9-22(34-4)23(14-17)35-5)11-10-19(16-24(27)32)30-25(33)31-21-15-18(28)7-8-20(21)29;3-2(4,5)1(6)7/h6-9,14-15,19,24H,10-13,16H2,1-5H3,(H2,30,31,33);(H,6,7). The van der Waals surface area contributed by atoms with Crippen LogP contribution in [0, 0.1) is 11.6 Å². The molecule has 2 aliphatic rings. The number of amides is 2. The highest BCUT2D eigenvalue weighted by Crippen LogP contribution is 2.52. The van der Waals surface area contributed by atoms with Gasteiger partial charge in [-0.1, -0.05) is 6.07 Å². The number of benzene rings is 2. The Balaban J connectivity index is 0.000000616. The molecule has 1 aliphatic heterocycles. The fourth-order valence-electron chi connectivity index (χ4n) is 5.90. The number of carboxylic acid groups (broad SMARTS) is 1. The van der Waals surface area contributed by atoms with Crippen molar-refractivity contribution < 1.29 is 46.1 Å². The smallest absolute Gasteiger partial charge is 0.490 e. The maximum absolute atomic E-state index is 14.0. The summed E-state index contributed by atoms with van der Waals surface area (Å²) in [6.07, 6.45) is -1.65. The SMILES string of the molecule is COc1ccc(C23CCC(NC(=O)Nc4cc(F)ccc4F)CC2N(C(C)(C)C)CC3)cc1OC.O=C(O)C(F)(F)F. The first-order chi connectivity index (χ1) is 19.5. The molecule has 0 aromatic heterocycles. The lowest BCUT2D eigenvalue weighted by Crippen LogP contribution is -2.56.